The SMILES string of the molecule is CNS(=O)(=O)c1ccc2c(c1)C=C(C(=O)O)[C@@H](C(F)(F)F)O2. The molecule has 0 spiro atoms. The molecule has 0 aliphatic carbocycles. The fourth-order valence-electron chi connectivity index (χ4n) is 1.88. The number of rotatable bonds is 3. The number of hydrogen-bond donors (Lipinski definition) is 2. The van der Waals surface area contributed by atoms with Crippen molar-refractivity contribution in [2.45, 2.75) is 17.2 Å². The van der Waals surface area contributed by atoms with Crippen molar-refractivity contribution in [3.8, 4) is 5.75 Å². The summed E-state index contributed by atoms with van der Waals surface area (Å²) >= 11 is 0. The van der Waals surface area contributed by atoms with Crippen LogP contribution in [-0.2, 0) is 14.8 Å². The smallest absolute Gasteiger partial charge is 0.430 e. The average molecular weight is 337 g/mol. The van der Waals surface area contributed by atoms with Crippen LogP contribution >= 0.6 is 0 Å². The molecule has 0 amide bonds. The molecule has 1 aromatic carbocycles. The molecule has 10 heteroatoms. The van der Waals surface area contributed by atoms with Crippen molar-refractivity contribution >= 4 is 22.1 Å². The Hall–Kier alpha value is -2.07. The summed E-state index contributed by atoms with van der Waals surface area (Å²) in [5.41, 5.74) is -1.08. The Kier molecular flexibility index (Phi) is 3.92. The molecule has 0 aromatic heterocycles. The van der Waals surface area contributed by atoms with E-state index in [4.69, 9.17) is 5.11 Å². The lowest BCUT2D eigenvalue weighted by atomic mass is 10.0. The number of carboxylic acid groups (broad SMARTS) is 1. The number of fused-ring (bicyclic) bond motifs is 1. The molecule has 2 rings (SSSR count). The first-order valence-electron chi connectivity index (χ1n) is 5.82. The Bertz CT molecular complexity index is 755. The summed E-state index contributed by atoms with van der Waals surface area (Å²) in [7, 11) is -2.65. The molecule has 0 fully saturated rings. The third-order valence-electron chi connectivity index (χ3n) is 2.94. The molecule has 22 heavy (non-hydrogen) atoms. The lowest BCUT2D eigenvalue weighted by molar-refractivity contribution is -0.187. The molecule has 0 radical (unpaired) electrons. The van der Waals surface area contributed by atoms with E-state index in [0.29, 0.717) is 0 Å². The van der Waals surface area contributed by atoms with Gasteiger partial charge in [0.1, 0.15) is 5.75 Å². The first kappa shape index (κ1) is 16.3. The Balaban J connectivity index is 2.57. The lowest BCUT2D eigenvalue weighted by Crippen LogP contribution is -2.40. The molecule has 1 atom stereocenters. The van der Waals surface area contributed by atoms with E-state index < -0.39 is 33.8 Å². The van der Waals surface area contributed by atoms with Crippen LogP contribution in [0.15, 0.2) is 28.7 Å². The van der Waals surface area contributed by atoms with Gasteiger partial charge in [-0.25, -0.2) is 17.9 Å². The number of hydrogen-bond acceptors (Lipinski definition) is 4. The first-order valence-corrected chi connectivity index (χ1v) is 7.30. The number of alkyl halides is 3. The van der Waals surface area contributed by atoms with Gasteiger partial charge in [-0.2, -0.15) is 13.2 Å². The Morgan fingerprint density at radius 2 is 2.00 bits per heavy atom. The first-order chi connectivity index (χ1) is 10.1. The van der Waals surface area contributed by atoms with E-state index >= 15 is 0 Å². The molecule has 0 unspecified atom stereocenters. The molecule has 0 saturated carbocycles. The van der Waals surface area contributed by atoms with Crippen LogP contribution in [0.2, 0.25) is 0 Å². The molecule has 1 aromatic rings. The molecule has 1 aliphatic rings. The van der Waals surface area contributed by atoms with Crippen molar-refractivity contribution < 1.29 is 36.2 Å². The van der Waals surface area contributed by atoms with E-state index in [9.17, 15) is 26.4 Å². The van der Waals surface area contributed by atoms with Gasteiger partial charge in [0.15, 0.2) is 0 Å². The second-order valence-electron chi connectivity index (χ2n) is 4.35. The van der Waals surface area contributed by atoms with Gasteiger partial charge >= 0.3 is 12.1 Å². The Labute approximate surface area is 123 Å². The van der Waals surface area contributed by atoms with Crippen molar-refractivity contribution in [2.24, 2.45) is 0 Å². The standard InChI is InChI=1S/C12H10F3NO5S/c1-16-22(19,20)7-2-3-9-6(4-7)5-8(11(17)18)10(21-9)12(13,14)15/h2-5,10,16H,1H3,(H,17,18)/t10-/m0/s1. The molecular weight excluding hydrogens is 327 g/mol. The summed E-state index contributed by atoms with van der Waals surface area (Å²) in [6, 6.07) is 3.15. The maximum Gasteiger partial charge on any atom is 0.430 e. The maximum atomic E-state index is 12.8. The van der Waals surface area contributed by atoms with Crippen LogP contribution in [0.3, 0.4) is 0 Å². The van der Waals surface area contributed by atoms with E-state index in [0.717, 1.165) is 24.3 Å². The van der Waals surface area contributed by atoms with E-state index in [1.807, 2.05) is 4.72 Å². The number of sulfonamides is 1. The highest BCUT2D eigenvalue weighted by Gasteiger charge is 2.48. The van der Waals surface area contributed by atoms with Crippen molar-refractivity contribution in [3.63, 3.8) is 0 Å². The second-order valence-corrected chi connectivity index (χ2v) is 6.24. The van der Waals surface area contributed by atoms with Gasteiger partial charge in [0.25, 0.3) is 0 Å². The number of carbonyl (C=O) groups is 1. The fourth-order valence-corrected chi connectivity index (χ4v) is 2.65. The van der Waals surface area contributed by atoms with Crippen LogP contribution in [-0.4, -0.2) is 38.8 Å². The van der Waals surface area contributed by atoms with Crippen LogP contribution in [0, 0.1) is 0 Å². The number of halogens is 3. The molecule has 1 aliphatic heterocycles. The summed E-state index contributed by atoms with van der Waals surface area (Å²) < 4.78 is 68.5. The second kappa shape index (κ2) is 5.29. The summed E-state index contributed by atoms with van der Waals surface area (Å²) in [6.45, 7) is 0. The highest BCUT2D eigenvalue weighted by Crippen LogP contribution is 2.37. The zero-order chi connectivity index (χ0) is 16.7. The maximum absolute atomic E-state index is 12.8. The predicted octanol–water partition coefficient (Wildman–Crippen LogP) is 1.39. The lowest BCUT2D eigenvalue weighted by Gasteiger charge is -2.27. The third-order valence-corrected chi connectivity index (χ3v) is 4.35. The molecule has 0 saturated heterocycles. The van der Waals surface area contributed by atoms with Gasteiger partial charge in [0.05, 0.1) is 10.5 Å². The topological polar surface area (TPSA) is 92.7 Å². The molecular formula is C12H10F3NO5S. The summed E-state index contributed by atoms with van der Waals surface area (Å²) in [4.78, 5) is 10.8. The minimum atomic E-state index is -4.91. The summed E-state index contributed by atoms with van der Waals surface area (Å²) in [5.74, 6) is -2.04. The Morgan fingerprint density at radius 1 is 1.36 bits per heavy atom. The minimum absolute atomic E-state index is 0.0609. The molecule has 2 N–H and O–H groups in total. The number of carboxylic acids is 1. The van der Waals surface area contributed by atoms with Gasteiger partial charge in [-0.15, -0.1) is 0 Å². The fraction of sp³-hybridized carbons (Fsp3) is 0.250. The average Bonchev–Trinajstić information content (AvgIpc) is 2.44. The van der Waals surface area contributed by atoms with Crippen LogP contribution in [0.25, 0.3) is 6.08 Å². The van der Waals surface area contributed by atoms with Crippen molar-refractivity contribution in [3.05, 3.63) is 29.3 Å². The zero-order valence-corrected chi connectivity index (χ0v) is 11.8. The van der Waals surface area contributed by atoms with E-state index in [-0.39, 0.29) is 16.2 Å². The largest absolute Gasteiger partial charge is 0.478 e. The van der Waals surface area contributed by atoms with Crippen LogP contribution in [0.1, 0.15) is 5.56 Å². The third kappa shape index (κ3) is 2.92. The molecule has 1 heterocycles. The van der Waals surface area contributed by atoms with Gasteiger partial charge in [0.2, 0.25) is 16.1 Å². The van der Waals surface area contributed by atoms with E-state index in [2.05, 4.69) is 4.74 Å². The minimum Gasteiger partial charge on any atom is -0.478 e. The normalized spacial score (nSPS) is 18.2. The van der Waals surface area contributed by atoms with Gasteiger partial charge in [-0.05, 0) is 31.3 Å². The Morgan fingerprint density at radius 3 is 2.50 bits per heavy atom. The van der Waals surface area contributed by atoms with E-state index in [1.165, 1.54) is 7.05 Å². The monoisotopic (exact) mass is 337 g/mol. The van der Waals surface area contributed by atoms with Crippen LogP contribution < -0.4 is 9.46 Å². The molecule has 120 valence electrons. The highest BCUT2D eigenvalue weighted by atomic mass is 32.2. The quantitative estimate of drug-likeness (QED) is 0.869. The van der Waals surface area contributed by atoms with Gasteiger partial charge < -0.3 is 9.84 Å². The number of nitrogens with one attached hydrogen (secondary N) is 1. The number of ether oxygens (including phenoxy) is 1. The van der Waals surface area contributed by atoms with E-state index in [1.54, 1.807) is 0 Å². The van der Waals surface area contributed by atoms with Gasteiger partial charge in [0, 0.05) is 5.56 Å². The van der Waals surface area contributed by atoms with Crippen molar-refractivity contribution in [1.82, 2.24) is 4.72 Å². The summed E-state index contributed by atoms with van der Waals surface area (Å²) in [6.07, 6.45) is -6.75. The van der Waals surface area contributed by atoms with Crippen molar-refractivity contribution in [2.75, 3.05) is 7.05 Å². The van der Waals surface area contributed by atoms with Gasteiger partial charge in [-0.3, -0.25) is 0 Å². The van der Waals surface area contributed by atoms with Crippen LogP contribution in [0.4, 0.5) is 13.2 Å². The summed E-state index contributed by atoms with van der Waals surface area (Å²) in [5, 5.41) is 8.89. The van der Waals surface area contributed by atoms with Crippen LogP contribution in [0.5, 0.6) is 5.75 Å². The number of benzene rings is 1. The zero-order valence-electron chi connectivity index (χ0n) is 11.0. The molecule has 6 nitrogen and oxygen atoms in total. The highest BCUT2D eigenvalue weighted by molar-refractivity contribution is 7.89. The van der Waals surface area contributed by atoms with Gasteiger partial charge in [-0.1, -0.05) is 0 Å². The number of aliphatic carboxylic acids is 1. The van der Waals surface area contributed by atoms with Crippen molar-refractivity contribution in [1.29, 1.82) is 0 Å². The molecule has 0 bridgehead atoms. The predicted molar refractivity (Wildman–Crippen MR) is 68.8 cm³/mol.